The Morgan fingerprint density at radius 1 is 1.50 bits per heavy atom. The van der Waals surface area contributed by atoms with Gasteiger partial charge >= 0.3 is 0 Å². The fourth-order valence-electron chi connectivity index (χ4n) is 1.89. The highest BCUT2D eigenvalue weighted by molar-refractivity contribution is 5.95. The number of carbonyl (C=O) groups excluding carboxylic acids is 1. The van der Waals surface area contributed by atoms with Crippen LogP contribution in [0, 0.1) is 6.92 Å². The number of nitrogens with two attached hydrogens (primary N) is 1. The third-order valence-electron chi connectivity index (χ3n) is 3.21. The molecule has 0 aliphatic rings. The molecule has 22 heavy (non-hydrogen) atoms. The molecule has 1 aromatic carbocycles. The number of amides is 1. The molecule has 0 bridgehead atoms. The van der Waals surface area contributed by atoms with E-state index in [4.69, 9.17) is 15.0 Å². The number of aryl methyl sites for hydroxylation is 2. The number of methoxy groups -OCH3 is 1. The summed E-state index contributed by atoms with van der Waals surface area (Å²) in [6.45, 7) is 4.01. The van der Waals surface area contributed by atoms with Crippen molar-refractivity contribution in [2.45, 2.75) is 26.3 Å². The Hall–Kier alpha value is -2.25. The minimum absolute atomic E-state index is 0.161. The van der Waals surface area contributed by atoms with Crippen LogP contribution in [0.2, 0.25) is 0 Å². The van der Waals surface area contributed by atoms with Crippen LogP contribution in [0.4, 0.5) is 5.69 Å². The van der Waals surface area contributed by atoms with Crippen LogP contribution in [0.15, 0.2) is 22.7 Å². The number of hydrogen-bond acceptors (Lipinski definition) is 6. The lowest BCUT2D eigenvalue weighted by Crippen LogP contribution is -2.39. The highest BCUT2D eigenvalue weighted by atomic mass is 16.5. The average Bonchev–Trinajstić information content (AvgIpc) is 2.98. The number of hydrogen-bond donors (Lipinski definition) is 2. The number of ether oxygens (including phenoxy) is 1. The number of benzene rings is 1. The normalized spacial score (nSPS) is 12.2. The highest BCUT2D eigenvalue weighted by Crippen LogP contribution is 2.24. The number of rotatable bonds is 6. The van der Waals surface area contributed by atoms with Crippen LogP contribution in [0.25, 0.3) is 11.5 Å². The molecule has 7 heteroatoms. The first-order valence-corrected chi connectivity index (χ1v) is 7.04. The van der Waals surface area contributed by atoms with E-state index < -0.39 is 6.04 Å². The Bertz CT molecular complexity index is 654. The lowest BCUT2D eigenvalue weighted by molar-refractivity contribution is -0.118. The molecule has 7 nitrogen and oxygen atoms in total. The fraction of sp³-hybridized carbons (Fsp3) is 0.400. The standard InChI is InChI=1S/C15H20N4O3/c1-4-13-18-15(22-19-13)10-6-5-9(2)12(7-10)17-14(20)11(16)8-21-3/h5-7,11H,4,8,16H2,1-3H3,(H,17,20). The van der Waals surface area contributed by atoms with Gasteiger partial charge in [-0.2, -0.15) is 4.98 Å². The lowest BCUT2D eigenvalue weighted by Gasteiger charge is -2.13. The summed E-state index contributed by atoms with van der Waals surface area (Å²) >= 11 is 0. The van der Waals surface area contributed by atoms with Gasteiger partial charge in [0.15, 0.2) is 5.82 Å². The number of carbonyl (C=O) groups is 1. The van der Waals surface area contributed by atoms with Crippen molar-refractivity contribution in [1.82, 2.24) is 10.1 Å². The van der Waals surface area contributed by atoms with E-state index in [1.54, 1.807) is 6.07 Å². The summed E-state index contributed by atoms with van der Waals surface area (Å²) in [6, 6.07) is 4.82. The molecule has 1 amide bonds. The summed E-state index contributed by atoms with van der Waals surface area (Å²) in [5.74, 6) is 0.763. The number of anilines is 1. The topological polar surface area (TPSA) is 103 Å². The summed E-state index contributed by atoms with van der Waals surface area (Å²) in [4.78, 5) is 16.3. The summed E-state index contributed by atoms with van der Waals surface area (Å²) < 4.78 is 10.1. The zero-order valence-corrected chi connectivity index (χ0v) is 12.9. The minimum Gasteiger partial charge on any atom is -0.383 e. The summed E-state index contributed by atoms with van der Waals surface area (Å²) in [5.41, 5.74) is 8.03. The predicted octanol–water partition coefficient (Wildman–Crippen LogP) is 1.52. The molecule has 0 fully saturated rings. The van der Waals surface area contributed by atoms with Gasteiger partial charge in [0.05, 0.1) is 6.61 Å². The van der Waals surface area contributed by atoms with E-state index in [1.807, 2.05) is 26.0 Å². The third kappa shape index (κ3) is 3.69. The predicted molar refractivity (Wildman–Crippen MR) is 82.3 cm³/mol. The third-order valence-corrected chi connectivity index (χ3v) is 3.21. The molecule has 1 atom stereocenters. The maximum absolute atomic E-state index is 12.0. The maximum Gasteiger partial charge on any atom is 0.257 e. The Morgan fingerprint density at radius 2 is 2.27 bits per heavy atom. The van der Waals surface area contributed by atoms with Crippen molar-refractivity contribution in [1.29, 1.82) is 0 Å². The van der Waals surface area contributed by atoms with E-state index in [-0.39, 0.29) is 12.5 Å². The van der Waals surface area contributed by atoms with Gasteiger partial charge < -0.3 is 20.3 Å². The number of nitrogens with zero attached hydrogens (tertiary/aromatic N) is 2. The molecule has 0 saturated carbocycles. The number of aromatic nitrogens is 2. The largest absolute Gasteiger partial charge is 0.383 e. The van der Waals surface area contributed by atoms with Crippen molar-refractivity contribution in [3.8, 4) is 11.5 Å². The number of nitrogens with one attached hydrogen (secondary N) is 1. The van der Waals surface area contributed by atoms with Crippen molar-refractivity contribution < 1.29 is 14.1 Å². The van der Waals surface area contributed by atoms with Crippen LogP contribution in [0.1, 0.15) is 18.3 Å². The molecule has 1 aromatic heterocycles. The van der Waals surface area contributed by atoms with Gasteiger partial charge in [-0.1, -0.05) is 18.1 Å². The Labute approximate surface area is 128 Å². The van der Waals surface area contributed by atoms with E-state index in [9.17, 15) is 4.79 Å². The van der Waals surface area contributed by atoms with Crippen molar-refractivity contribution in [3.63, 3.8) is 0 Å². The molecule has 1 heterocycles. The van der Waals surface area contributed by atoms with Crippen molar-refractivity contribution >= 4 is 11.6 Å². The van der Waals surface area contributed by atoms with Gasteiger partial charge in [0.25, 0.3) is 5.89 Å². The molecule has 3 N–H and O–H groups in total. The first-order valence-electron chi connectivity index (χ1n) is 7.04. The van der Waals surface area contributed by atoms with Crippen molar-refractivity contribution in [2.24, 2.45) is 5.73 Å². The van der Waals surface area contributed by atoms with Gasteiger partial charge in [-0.15, -0.1) is 0 Å². The molecule has 2 rings (SSSR count). The second kappa shape index (κ2) is 7.15. The van der Waals surface area contributed by atoms with E-state index >= 15 is 0 Å². The molecule has 0 aliphatic carbocycles. The van der Waals surface area contributed by atoms with Gasteiger partial charge in [-0.3, -0.25) is 4.79 Å². The quantitative estimate of drug-likeness (QED) is 0.838. The van der Waals surface area contributed by atoms with E-state index in [0.717, 1.165) is 11.1 Å². The molecule has 0 saturated heterocycles. The van der Waals surface area contributed by atoms with Crippen LogP contribution < -0.4 is 11.1 Å². The molecule has 0 radical (unpaired) electrons. The smallest absolute Gasteiger partial charge is 0.257 e. The van der Waals surface area contributed by atoms with Gasteiger partial charge in [0.1, 0.15) is 6.04 Å². The lowest BCUT2D eigenvalue weighted by atomic mass is 10.1. The van der Waals surface area contributed by atoms with Crippen LogP contribution in [-0.2, 0) is 16.0 Å². The molecular formula is C15H20N4O3. The van der Waals surface area contributed by atoms with Crippen molar-refractivity contribution in [2.75, 3.05) is 19.0 Å². The van der Waals surface area contributed by atoms with E-state index in [2.05, 4.69) is 15.5 Å². The maximum atomic E-state index is 12.0. The van der Waals surface area contributed by atoms with Crippen molar-refractivity contribution in [3.05, 3.63) is 29.6 Å². The van der Waals surface area contributed by atoms with Crippen LogP contribution >= 0.6 is 0 Å². The molecular weight excluding hydrogens is 284 g/mol. The van der Waals surface area contributed by atoms with Crippen LogP contribution in [-0.4, -0.2) is 35.8 Å². The average molecular weight is 304 g/mol. The monoisotopic (exact) mass is 304 g/mol. The Balaban J connectivity index is 2.21. The molecule has 0 spiro atoms. The SMILES string of the molecule is CCc1noc(-c2ccc(C)c(NC(=O)C(N)COC)c2)n1. The molecule has 2 aromatic rings. The van der Waals surface area contributed by atoms with Gasteiger partial charge in [0, 0.05) is 24.8 Å². The van der Waals surface area contributed by atoms with Crippen LogP contribution in [0.5, 0.6) is 0 Å². The summed E-state index contributed by atoms with van der Waals surface area (Å²) in [7, 11) is 1.50. The Kier molecular flexibility index (Phi) is 5.24. The summed E-state index contributed by atoms with van der Waals surface area (Å²) in [6.07, 6.45) is 0.699. The molecule has 1 unspecified atom stereocenters. The van der Waals surface area contributed by atoms with Gasteiger partial charge in [0.2, 0.25) is 5.91 Å². The zero-order valence-electron chi connectivity index (χ0n) is 12.9. The van der Waals surface area contributed by atoms with Gasteiger partial charge in [-0.25, -0.2) is 0 Å². The fourth-order valence-corrected chi connectivity index (χ4v) is 1.89. The molecule has 0 aliphatic heterocycles. The minimum atomic E-state index is -0.719. The van der Waals surface area contributed by atoms with E-state index in [1.165, 1.54) is 7.11 Å². The first kappa shape index (κ1) is 16.1. The summed E-state index contributed by atoms with van der Waals surface area (Å²) in [5, 5.41) is 6.66. The van der Waals surface area contributed by atoms with Gasteiger partial charge in [-0.05, 0) is 24.6 Å². The highest BCUT2D eigenvalue weighted by Gasteiger charge is 2.15. The Morgan fingerprint density at radius 3 is 2.91 bits per heavy atom. The first-order chi connectivity index (χ1) is 10.5. The zero-order chi connectivity index (χ0) is 16.1. The van der Waals surface area contributed by atoms with Crippen LogP contribution in [0.3, 0.4) is 0 Å². The molecule has 118 valence electrons. The second-order valence-electron chi connectivity index (χ2n) is 4.95. The second-order valence-corrected chi connectivity index (χ2v) is 4.95. The van der Waals surface area contributed by atoms with E-state index in [0.29, 0.717) is 23.8 Å².